The van der Waals surface area contributed by atoms with Crippen LogP contribution in [0.2, 0.25) is 0 Å². The summed E-state index contributed by atoms with van der Waals surface area (Å²) in [6, 6.07) is 6.47. The molecule has 0 saturated carbocycles. The molecule has 0 aliphatic carbocycles. The minimum absolute atomic E-state index is 0.343. The summed E-state index contributed by atoms with van der Waals surface area (Å²) in [5.74, 6) is -0.343. The van der Waals surface area contributed by atoms with E-state index in [0.717, 1.165) is 13.1 Å². The van der Waals surface area contributed by atoms with E-state index in [1.165, 1.54) is 6.07 Å². The summed E-state index contributed by atoms with van der Waals surface area (Å²) in [6.07, 6.45) is 0. The van der Waals surface area contributed by atoms with Gasteiger partial charge in [0.15, 0.2) is 7.98 Å². The molecule has 0 unspecified atom stereocenters. The summed E-state index contributed by atoms with van der Waals surface area (Å²) in [5, 5.41) is 8.64. The van der Waals surface area contributed by atoms with E-state index in [0.29, 0.717) is 24.3 Å². The first-order chi connectivity index (χ1) is 7.70. The Bertz CT molecular complexity index is 422. The third-order valence-electron chi connectivity index (χ3n) is 2.73. The van der Waals surface area contributed by atoms with Crippen molar-refractivity contribution in [2.45, 2.75) is 0 Å². The van der Waals surface area contributed by atoms with Crippen LogP contribution in [0.25, 0.3) is 0 Å². The molecule has 2 rings (SSSR count). The van der Waals surface area contributed by atoms with Gasteiger partial charge in [-0.05, 0) is 18.2 Å². The zero-order chi connectivity index (χ0) is 11.5. The number of benzene rings is 1. The molecule has 1 fully saturated rings. The third kappa shape index (κ3) is 2.17. The molecule has 0 aromatic heterocycles. The van der Waals surface area contributed by atoms with Crippen molar-refractivity contribution in [3.05, 3.63) is 29.6 Å². The van der Waals surface area contributed by atoms with Crippen LogP contribution in [-0.4, -0.2) is 39.0 Å². The van der Waals surface area contributed by atoms with E-state index in [1.54, 1.807) is 16.9 Å². The summed E-state index contributed by atoms with van der Waals surface area (Å²) in [6.45, 7) is 2.86. The van der Waals surface area contributed by atoms with Crippen LogP contribution >= 0.6 is 0 Å². The molecule has 1 saturated heterocycles. The molecule has 1 aliphatic heterocycles. The molecule has 3 nitrogen and oxygen atoms in total. The van der Waals surface area contributed by atoms with Gasteiger partial charge in [0, 0.05) is 26.2 Å². The van der Waals surface area contributed by atoms with E-state index in [-0.39, 0.29) is 5.82 Å². The van der Waals surface area contributed by atoms with E-state index >= 15 is 0 Å². The van der Waals surface area contributed by atoms with Crippen LogP contribution < -0.4 is 4.90 Å². The largest absolute Gasteiger partial charge is 0.367 e. The van der Waals surface area contributed by atoms with Crippen LogP contribution in [0.3, 0.4) is 0 Å². The Hall–Kier alpha value is -1.54. The van der Waals surface area contributed by atoms with E-state index in [1.807, 2.05) is 11.0 Å². The Labute approximate surface area is 95.5 Å². The first-order valence-electron chi connectivity index (χ1n) is 5.15. The molecule has 1 aromatic rings. The van der Waals surface area contributed by atoms with E-state index in [9.17, 15) is 4.39 Å². The Kier molecular flexibility index (Phi) is 3.11. The van der Waals surface area contributed by atoms with Gasteiger partial charge in [-0.1, -0.05) is 0 Å². The molecule has 0 bridgehead atoms. The quantitative estimate of drug-likeness (QED) is 0.652. The number of rotatable bonds is 1. The normalized spacial score (nSPS) is 17.1. The van der Waals surface area contributed by atoms with Gasteiger partial charge in [0.25, 0.3) is 0 Å². The van der Waals surface area contributed by atoms with Crippen molar-refractivity contribution in [3.8, 4) is 6.07 Å². The van der Waals surface area contributed by atoms with Crippen molar-refractivity contribution >= 4 is 13.7 Å². The average molecular weight is 215 g/mol. The Morgan fingerprint density at radius 1 is 1.25 bits per heavy atom. The fourth-order valence-corrected chi connectivity index (χ4v) is 1.80. The van der Waals surface area contributed by atoms with Gasteiger partial charge in [-0.2, -0.15) is 5.26 Å². The highest BCUT2D eigenvalue weighted by Crippen LogP contribution is 2.21. The van der Waals surface area contributed by atoms with E-state index in [2.05, 4.69) is 0 Å². The van der Waals surface area contributed by atoms with Crippen LogP contribution in [0, 0.1) is 17.1 Å². The van der Waals surface area contributed by atoms with Crippen molar-refractivity contribution in [1.29, 1.82) is 5.26 Å². The van der Waals surface area contributed by atoms with Gasteiger partial charge in [0.05, 0.1) is 17.3 Å². The van der Waals surface area contributed by atoms with E-state index < -0.39 is 0 Å². The second-order valence-corrected chi connectivity index (χ2v) is 3.80. The predicted octanol–water partition coefficient (Wildman–Crippen LogP) is 0.903. The van der Waals surface area contributed by atoms with Crippen LogP contribution in [-0.2, 0) is 0 Å². The molecular weight excluding hydrogens is 204 g/mol. The third-order valence-corrected chi connectivity index (χ3v) is 2.73. The van der Waals surface area contributed by atoms with Gasteiger partial charge in [0.1, 0.15) is 5.82 Å². The highest BCUT2D eigenvalue weighted by molar-refractivity contribution is 6.04. The minimum atomic E-state index is -0.343. The van der Waals surface area contributed by atoms with Gasteiger partial charge in [-0.25, -0.2) is 4.39 Å². The summed E-state index contributed by atoms with van der Waals surface area (Å²) in [4.78, 5) is 3.66. The summed E-state index contributed by atoms with van der Waals surface area (Å²) in [7, 11) is 5.63. The number of nitrogens with zero attached hydrogens (tertiary/aromatic N) is 3. The fraction of sp³-hybridized carbons (Fsp3) is 0.364. The van der Waals surface area contributed by atoms with Crippen LogP contribution in [0.1, 0.15) is 5.56 Å². The standard InChI is InChI=1S/C11H11BFN3/c12-16-5-3-15(4-6-16)11-2-1-9(8-14)7-10(11)13/h1-2,7H,3-6H2. The number of nitriles is 1. The summed E-state index contributed by atoms with van der Waals surface area (Å²) in [5.41, 5.74) is 0.894. The van der Waals surface area contributed by atoms with Gasteiger partial charge in [-0.3, -0.25) is 0 Å². The first-order valence-corrected chi connectivity index (χ1v) is 5.15. The zero-order valence-corrected chi connectivity index (χ0v) is 8.86. The molecule has 0 N–H and O–H groups in total. The van der Waals surface area contributed by atoms with Gasteiger partial charge >= 0.3 is 0 Å². The number of piperazine rings is 1. The predicted molar refractivity (Wildman–Crippen MR) is 60.7 cm³/mol. The highest BCUT2D eigenvalue weighted by Gasteiger charge is 2.16. The molecule has 80 valence electrons. The van der Waals surface area contributed by atoms with Crippen LogP contribution in [0.5, 0.6) is 0 Å². The topological polar surface area (TPSA) is 30.3 Å². The molecule has 1 aliphatic rings. The minimum Gasteiger partial charge on any atom is -0.367 e. The second kappa shape index (κ2) is 4.54. The lowest BCUT2D eigenvalue weighted by Gasteiger charge is -2.34. The maximum atomic E-state index is 13.7. The van der Waals surface area contributed by atoms with Crippen molar-refractivity contribution in [1.82, 2.24) is 4.81 Å². The molecule has 0 spiro atoms. The van der Waals surface area contributed by atoms with Gasteiger partial charge in [0.2, 0.25) is 0 Å². The monoisotopic (exact) mass is 215 g/mol. The maximum absolute atomic E-state index is 13.7. The lowest BCUT2D eigenvalue weighted by Crippen LogP contribution is -2.45. The number of hydrogen-bond donors (Lipinski definition) is 0. The number of anilines is 1. The Morgan fingerprint density at radius 2 is 1.94 bits per heavy atom. The van der Waals surface area contributed by atoms with Crippen LogP contribution in [0.15, 0.2) is 18.2 Å². The summed E-state index contributed by atoms with van der Waals surface area (Å²) < 4.78 is 13.7. The lowest BCUT2D eigenvalue weighted by atomic mass is 10.1. The zero-order valence-electron chi connectivity index (χ0n) is 8.86. The van der Waals surface area contributed by atoms with Crippen molar-refractivity contribution < 1.29 is 4.39 Å². The average Bonchev–Trinajstić information content (AvgIpc) is 2.30. The Balaban J connectivity index is 2.18. The molecule has 5 heteroatoms. The van der Waals surface area contributed by atoms with Crippen molar-refractivity contribution in [2.75, 3.05) is 31.1 Å². The fourth-order valence-electron chi connectivity index (χ4n) is 1.80. The summed E-state index contributed by atoms with van der Waals surface area (Å²) >= 11 is 0. The van der Waals surface area contributed by atoms with E-state index in [4.69, 9.17) is 13.2 Å². The molecular formula is C11H11BFN3. The molecule has 2 radical (unpaired) electrons. The van der Waals surface area contributed by atoms with Crippen LogP contribution in [0.4, 0.5) is 10.1 Å². The maximum Gasteiger partial charge on any atom is 0.182 e. The van der Waals surface area contributed by atoms with Gasteiger partial charge < -0.3 is 9.71 Å². The molecule has 1 heterocycles. The first kappa shape index (κ1) is 11.0. The number of halogens is 1. The second-order valence-electron chi connectivity index (χ2n) is 3.80. The SMILES string of the molecule is [B]N1CCN(c2ccc(C#N)cc2F)CC1. The molecule has 0 amide bonds. The highest BCUT2D eigenvalue weighted by atomic mass is 19.1. The molecule has 16 heavy (non-hydrogen) atoms. The van der Waals surface area contributed by atoms with Crippen molar-refractivity contribution in [3.63, 3.8) is 0 Å². The van der Waals surface area contributed by atoms with Gasteiger partial charge in [-0.15, -0.1) is 0 Å². The lowest BCUT2D eigenvalue weighted by molar-refractivity contribution is 0.412. The molecule has 0 atom stereocenters. The van der Waals surface area contributed by atoms with Crippen molar-refractivity contribution in [2.24, 2.45) is 0 Å². The molecule has 1 aromatic carbocycles. The number of hydrogen-bond acceptors (Lipinski definition) is 3. The Morgan fingerprint density at radius 3 is 2.50 bits per heavy atom. The smallest absolute Gasteiger partial charge is 0.182 e.